The molecule has 2 amide bonds. The van der Waals surface area contributed by atoms with Gasteiger partial charge in [-0.25, -0.2) is 4.79 Å². The van der Waals surface area contributed by atoms with Gasteiger partial charge in [0.05, 0.1) is 5.69 Å². The molecule has 0 spiro atoms. The van der Waals surface area contributed by atoms with Crippen molar-refractivity contribution in [3.05, 3.63) is 28.7 Å². The maximum Gasteiger partial charge on any atom is 0.322 e. The van der Waals surface area contributed by atoms with Crippen molar-refractivity contribution in [2.75, 3.05) is 11.4 Å². The van der Waals surface area contributed by atoms with Crippen LogP contribution in [0, 0.1) is 0 Å². The summed E-state index contributed by atoms with van der Waals surface area (Å²) in [7, 11) is 0. The van der Waals surface area contributed by atoms with Gasteiger partial charge in [0, 0.05) is 16.6 Å². The number of anilines is 1. The first-order valence-corrected chi connectivity index (χ1v) is 6.14. The first kappa shape index (κ1) is 11.5. The van der Waals surface area contributed by atoms with Crippen molar-refractivity contribution in [3.8, 4) is 0 Å². The van der Waals surface area contributed by atoms with E-state index in [-0.39, 0.29) is 11.6 Å². The predicted octanol–water partition coefficient (Wildman–Crippen LogP) is 3.15. The van der Waals surface area contributed by atoms with Crippen LogP contribution < -0.4 is 10.2 Å². The summed E-state index contributed by atoms with van der Waals surface area (Å²) in [5.41, 5.74) is 0.774. The van der Waals surface area contributed by atoms with Gasteiger partial charge in [0.2, 0.25) is 0 Å². The first-order chi connectivity index (χ1) is 7.52. The number of nitrogens with zero attached hydrogens (tertiary/aromatic N) is 1. The van der Waals surface area contributed by atoms with E-state index in [1.54, 1.807) is 0 Å². The summed E-state index contributed by atoms with van der Waals surface area (Å²) in [5.74, 6) is 0. The molecule has 2 rings (SSSR count). The maximum atomic E-state index is 12.0. The smallest absolute Gasteiger partial charge is 0.322 e. The standard InChI is InChI=1S/C12H15BrN2O/c1-12(2)7-8-14-11(16)15(12)10-6-4-3-5-9(10)13/h3-6H,7-8H2,1-2H3,(H,14,16). The molecule has 1 fully saturated rings. The Bertz CT molecular complexity index is 417. The molecule has 0 aromatic heterocycles. The lowest BCUT2D eigenvalue weighted by atomic mass is 9.95. The molecule has 4 heteroatoms. The number of halogens is 1. The Morgan fingerprint density at radius 1 is 1.38 bits per heavy atom. The van der Waals surface area contributed by atoms with Gasteiger partial charge in [-0.15, -0.1) is 0 Å². The molecule has 1 saturated heterocycles. The van der Waals surface area contributed by atoms with Crippen LogP contribution in [0.25, 0.3) is 0 Å². The monoisotopic (exact) mass is 282 g/mol. The molecule has 86 valence electrons. The van der Waals surface area contributed by atoms with E-state index in [0.29, 0.717) is 0 Å². The number of para-hydroxylation sites is 1. The van der Waals surface area contributed by atoms with E-state index in [4.69, 9.17) is 0 Å². The number of urea groups is 1. The van der Waals surface area contributed by atoms with Gasteiger partial charge in [-0.05, 0) is 48.3 Å². The summed E-state index contributed by atoms with van der Waals surface area (Å²) < 4.78 is 0.945. The minimum absolute atomic E-state index is 0.0249. The van der Waals surface area contributed by atoms with Crippen LogP contribution >= 0.6 is 15.9 Å². The molecule has 0 radical (unpaired) electrons. The fourth-order valence-corrected chi connectivity index (χ4v) is 2.47. The Morgan fingerprint density at radius 3 is 2.69 bits per heavy atom. The second kappa shape index (κ2) is 4.09. The van der Waals surface area contributed by atoms with Crippen molar-refractivity contribution in [1.82, 2.24) is 5.32 Å². The van der Waals surface area contributed by atoms with E-state index in [1.165, 1.54) is 0 Å². The summed E-state index contributed by atoms with van der Waals surface area (Å²) in [4.78, 5) is 13.8. The molecule has 1 aliphatic heterocycles. The fraction of sp³-hybridized carbons (Fsp3) is 0.417. The number of benzene rings is 1. The van der Waals surface area contributed by atoms with Crippen molar-refractivity contribution in [2.45, 2.75) is 25.8 Å². The van der Waals surface area contributed by atoms with Gasteiger partial charge in [0.1, 0.15) is 0 Å². The summed E-state index contributed by atoms with van der Waals surface area (Å²) in [5, 5.41) is 2.88. The summed E-state index contributed by atoms with van der Waals surface area (Å²) >= 11 is 3.49. The van der Waals surface area contributed by atoms with Crippen LogP contribution in [0.5, 0.6) is 0 Å². The number of hydrogen-bond donors (Lipinski definition) is 1. The van der Waals surface area contributed by atoms with Crippen LogP contribution in [-0.2, 0) is 0 Å². The minimum Gasteiger partial charge on any atom is -0.338 e. The second-order valence-corrected chi connectivity index (χ2v) is 5.44. The molecule has 0 aliphatic carbocycles. The molecule has 1 aromatic carbocycles. The average molecular weight is 283 g/mol. The lowest BCUT2D eigenvalue weighted by Crippen LogP contribution is -2.58. The lowest BCUT2D eigenvalue weighted by molar-refractivity contribution is 0.229. The van der Waals surface area contributed by atoms with Crippen LogP contribution in [0.1, 0.15) is 20.3 Å². The zero-order chi connectivity index (χ0) is 11.8. The molecule has 1 aliphatic rings. The average Bonchev–Trinajstić information content (AvgIpc) is 2.19. The zero-order valence-corrected chi connectivity index (χ0v) is 11.0. The van der Waals surface area contributed by atoms with Gasteiger partial charge in [0.25, 0.3) is 0 Å². The molecule has 0 bridgehead atoms. The topological polar surface area (TPSA) is 32.3 Å². The fourth-order valence-electron chi connectivity index (χ4n) is 2.01. The normalized spacial score (nSPS) is 19.4. The molecule has 0 unspecified atom stereocenters. The summed E-state index contributed by atoms with van der Waals surface area (Å²) in [6, 6.07) is 7.77. The van der Waals surface area contributed by atoms with E-state index in [0.717, 1.165) is 23.1 Å². The highest BCUT2D eigenvalue weighted by Gasteiger charge is 2.36. The largest absolute Gasteiger partial charge is 0.338 e. The Hall–Kier alpha value is -1.03. The number of nitrogens with one attached hydrogen (secondary N) is 1. The number of carbonyl (C=O) groups is 1. The van der Waals surface area contributed by atoms with Gasteiger partial charge in [0.15, 0.2) is 0 Å². The van der Waals surface area contributed by atoms with E-state index in [1.807, 2.05) is 29.2 Å². The van der Waals surface area contributed by atoms with Crippen molar-refractivity contribution in [3.63, 3.8) is 0 Å². The van der Waals surface area contributed by atoms with Crippen molar-refractivity contribution in [2.24, 2.45) is 0 Å². The van der Waals surface area contributed by atoms with Gasteiger partial charge in [-0.2, -0.15) is 0 Å². The second-order valence-electron chi connectivity index (χ2n) is 4.58. The van der Waals surface area contributed by atoms with Crippen LogP contribution in [0.15, 0.2) is 28.7 Å². The van der Waals surface area contributed by atoms with Gasteiger partial charge in [-0.3, -0.25) is 4.90 Å². The highest BCUT2D eigenvalue weighted by Crippen LogP contribution is 2.34. The van der Waals surface area contributed by atoms with Crippen LogP contribution in [0.3, 0.4) is 0 Å². The van der Waals surface area contributed by atoms with E-state index >= 15 is 0 Å². The van der Waals surface area contributed by atoms with Crippen LogP contribution in [0.2, 0.25) is 0 Å². The van der Waals surface area contributed by atoms with Crippen molar-refractivity contribution >= 4 is 27.6 Å². The third-order valence-electron chi connectivity index (χ3n) is 2.91. The van der Waals surface area contributed by atoms with Crippen molar-refractivity contribution < 1.29 is 4.79 Å². The third kappa shape index (κ3) is 1.94. The predicted molar refractivity (Wildman–Crippen MR) is 68.7 cm³/mol. The quantitative estimate of drug-likeness (QED) is 0.843. The molecule has 3 nitrogen and oxygen atoms in total. The number of hydrogen-bond acceptors (Lipinski definition) is 1. The Morgan fingerprint density at radius 2 is 2.06 bits per heavy atom. The number of amides is 2. The SMILES string of the molecule is CC1(C)CCNC(=O)N1c1ccccc1Br. The Balaban J connectivity index is 2.44. The first-order valence-electron chi connectivity index (χ1n) is 5.35. The Kier molecular flexibility index (Phi) is 2.93. The summed E-state index contributed by atoms with van der Waals surface area (Å²) in [6.45, 7) is 4.92. The van der Waals surface area contributed by atoms with E-state index in [2.05, 4.69) is 35.1 Å². The highest BCUT2D eigenvalue weighted by molar-refractivity contribution is 9.10. The zero-order valence-electron chi connectivity index (χ0n) is 9.46. The van der Waals surface area contributed by atoms with Gasteiger partial charge < -0.3 is 5.32 Å². The highest BCUT2D eigenvalue weighted by atomic mass is 79.9. The number of carbonyl (C=O) groups excluding carboxylic acids is 1. The molecule has 16 heavy (non-hydrogen) atoms. The molecule has 0 saturated carbocycles. The molecule has 1 N–H and O–H groups in total. The van der Waals surface area contributed by atoms with E-state index in [9.17, 15) is 4.79 Å². The van der Waals surface area contributed by atoms with Crippen LogP contribution in [0.4, 0.5) is 10.5 Å². The molecular formula is C12H15BrN2O. The molecule has 1 heterocycles. The third-order valence-corrected chi connectivity index (χ3v) is 3.59. The van der Waals surface area contributed by atoms with E-state index < -0.39 is 0 Å². The Labute approximate surface area is 104 Å². The van der Waals surface area contributed by atoms with Gasteiger partial charge in [-0.1, -0.05) is 12.1 Å². The maximum absolute atomic E-state index is 12.0. The summed E-state index contributed by atoms with van der Waals surface area (Å²) in [6.07, 6.45) is 0.945. The van der Waals surface area contributed by atoms with Crippen LogP contribution in [-0.4, -0.2) is 18.1 Å². The lowest BCUT2D eigenvalue weighted by Gasteiger charge is -2.42. The number of rotatable bonds is 1. The van der Waals surface area contributed by atoms with Crippen molar-refractivity contribution in [1.29, 1.82) is 0 Å². The molecule has 1 aromatic rings. The molecule has 0 atom stereocenters. The molecular weight excluding hydrogens is 268 g/mol. The minimum atomic E-state index is -0.147. The van der Waals surface area contributed by atoms with Gasteiger partial charge >= 0.3 is 6.03 Å².